The number of aryl methyl sites for hydroxylation is 4. The minimum absolute atomic E-state index is 0.105. The number of fused-ring (bicyclic) bond motifs is 1. The van der Waals surface area contributed by atoms with E-state index >= 15 is 0 Å². The molecule has 1 aromatic heterocycles. The molecule has 148 valence electrons. The second kappa shape index (κ2) is 8.97. The summed E-state index contributed by atoms with van der Waals surface area (Å²) in [6, 6.07) is 10.3. The van der Waals surface area contributed by atoms with Crippen molar-refractivity contribution in [3.63, 3.8) is 0 Å². The van der Waals surface area contributed by atoms with Gasteiger partial charge in [-0.25, -0.2) is 0 Å². The number of rotatable bonds is 6. The van der Waals surface area contributed by atoms with E-state index in [0.29, 0.717) is 6.42 Å². The minimum atomic E-state index is -0.105. The highest BCUT2D eigenvalue weighted by atomic mass is 32.2. The molecule has 0 saturated heterocycles. The SMILES string of the molecule is COc1ccc2c(c1)sc(=NC(=O)Cc1c(C)cc(C)cc1C)n2CCSC. The summed E-state index contributed by atoms with van der Waals surface area (Å²) in [7, 11) is 1.66. The van der Waals surface area contributed by atoms with Crippen LogP contribution >= 0.6 is 23.1 Å². The molecule has 0 unspecified atom stereocenters. The lowest BCUT2D eigenvalue weighted by Gasteiger charge is -2.09. The Morgan fingerprint density at radius 3 is 2.54 bits per heavy atom. The molecule has 0 saturated carbocycles. The molecule has 3 aromatic rings. The lowest BCUT2D eigenvalue weighted by atomic mass is 9.97. The van der Waals surface area contributed by atoms with E-state index in [-0.39, 0.29) is 5.91 Å². The summed E-state index contributed by atoms with van der Waals surface area (Å²) in [5.74, 6) is 1.68. The van der Waals surface area contributed by atoms with Crippen molar-refractivity contribution in [2.45, 2.75) is 33.7 Å². The van der Waals surface area contributed by atoms with Gasteiger partial charge in [0.1, 0.15) is 5.75 Å². The first-order valence-electron chi connectivity index (χ1n) is 9.23. The molecule has 6 heteroatoms. The molecule has 2 aromatic carbocycles. The van der Waals surface area contributed by atoms with Crippen LogP contribution in [0.25, 0.3) is 10.2 Å². The van der Waals surface area contributed by atoms with Crippen molar-refractivity contribution in [2.24, 2.45) is 4.99 Å². The molecule has 0 radical (unpaired) electrons. The predicted molar refractivity (Wildman–Crippen MR) is 120 cm³/mol. The normalized spacial score (nSPS) is 12.0. The van der Waals surface area contributed by atoms with Gasteiger partial charge in [-0.05, 0) is 61.9 Å². The number of amides is 1. The average Bonchev–Trinajstić information content (AvgIpc) is 2.98. The Hall–Kier alpha value is -2.05. The van der Waals surface area contributed by atoms with Crippen LogP contribution in [0.4, 0.5) is 0 Å². The van der Waals surface area contributed by atoms with Crippen molar-refractivity contribution in [3.05, 3.63) is 57.4 Å². The predicted octanol–water partition coefficient (Wildman–Crippen LogP) is 4.67. The third-order valence-electron chi connectivity index (χ3n) is 4.80. The Kier molecular flexibility index (Phi) is 6.62. The molecule has 4 nitrogen and oxygen atoms in total. The van der Waals surface area contributed by atoms with Gasteiger partial charge in [-0.3, -0.25) is 4.79 Å². The fourth-order valence-corrected chi connectivity index (χ4v) is 4.92. The van der Waals surface area contributed by atoms with Gasteiger partial charge in [0.2, 0.25) is 0 Å². The largest absolute Gasteiger partial charge is 0.497 e. The number of thioether (sulfide) groups is 1. The topological polar surface area (TPSA) is 43.6 Å². The second-order valence-electron chi connectivity index (χ2n) is 6.92. The number of benzene rings is 2. The first kappa shape index (κ1) is 20.7. The Morgan fingerprint density at radius 2 is 1.89 bits per heavy atom. The zero-order chi connectivity index (χ0) is 20.3. The van der Waals surface area contributed by atoms with Crippen LogP contribution in [0.1, 0.15) is 22.3 Å². The molecule has 0 aliphatic carbocycles. The summed E-state index contributed by atoms with van der Waals surface area (Å²) in [5, 5.41) is 0. The molecular formula is C22H26N2O2S2. The summed E-state index contributed by atoms with van der Waals surface area (Å²) in [5.41, 5.74) is 5.69. The van der Waals surface area contributed by atoms with Crippen molar-refractivity contribution < 1.29 is 9.53 Å². The number of aromatic nitrogens is 1. The number of ether oxygens (including phenoxy) is 1. The molecule has 0 spiro atoms. The van der Waals surface area contributed by atoms with Crippen molar-refractivity contribution in [3.8, 4) is 5.75 Å². The molecular weight excluding hydrogens is 388 g/mol. The standard InChI is InChI=1S/C22H26N2O2S2/c1-14-10-15(2)18(16(3)11-14)13-21(25)23-22-24(8-9-27-5)19-7-6-17(26-4)12-20(19)28-22/h6-7,10-12H,8-9,13H2,1-5H3. The van der Waals surface area contributed by atoms with E-state index in [4.69, 9.17) is 4.74 Å². The number of nitrogens with zero attached hydrogens (tertiary/aromatic N) is 2. The fraction of sp³-hybridized carbons (Fsp3) is 0.364. The Morgan fingerprint density at radius 1 is 1.18 bits per heavy atom. The fourth-order valence-electron chi connectivity index (χ4n) is 3.45. The van der Waals surface area contributed by atoms with Gasteiger partial charge in [-0.15, -0.1) is 0 Å². The molecule has 1 heterocycles. The van der Waals surface area contributed by atoms with Gasteiger partial charge in [0.05, 0.1) is 23.7 Å². The monoisotopic (exact) mass is 414 g/mol. The molecule has 0 atom stereocenters. The zero-order valence-corrected chi connectivity index (χ0v) is 18.7. The third-order valence-corrected chi connectivity index (χ3v) is 6.43. The van der Waals surface area contributed by atoms with E-state index in [1.165, 1.54) is 16.9 Å². The highest BCUT2D eigenvalue weighted by Crippen LogP contribution is 2.23. The van der Waals surface area contributed by atoms with E-state index in [1.54, 1.807) is 18.9 Å². The highest BCUT2D eigenvalue weighted by Gasteiger charge is 2.12. The van der Waals surface area contributed by atoms with Crippen LogP contribution in [0.3, 0.4) is 0 Å². The van der Waals surface area contributed by atoms with Crippen LogP contribution in [0.5, 0.6) is 5.75 Å². The van der Waals surface area contributed by atoms with Crippen molar-refractivity contribution in [1.82, 2.24) is 4.57 Å². The first-order chi connectivity index (χ1) is 13.4. The average molecular weight is 415 g/mol. The lowest BCUT2D eigenvalue weighted by Crippen LogP contribution is -2.19. The maximum atomic E-state index is 12.8. The van der Waals surface area contributed by atoms with E-state index in [2.05, 4.69) is 48.7 Å². The maximum absolute atomic E-state index is 12.8. The van der Waals surface area contributed by atoms with Crippen molar-refractivity contribution >= 4 is 39.2 Å². The lowest BCUT2D eigenvalue weighted by molar-refractivity contribution is -0.117. The number of carbonyl (C=O) groups is 1. The van der Waals surface area contributed by atoms with Gasteiger partial charge in [0, 0.05) is 12.3 Å². The van der Waals surface area contributed by atoms with Crippen molar-refractivity contribution in [1.29, 1.82) is 0 Å². The molecule has 3 rings (SSSR count). The zero-order valence-electron chi connectivity index (χ0n) is 17.0. The number of carbonyl (C=O) groups excluding carboxylic acids is 1. The van der Waals surface area contributed by atoms with E-state index in [1.807, 2.05) is 18.2 Å². The van der Waals surface area contributed by atoms with Gasteiger partial charge < -0.3 is 9.30 Å². The number of hydrogen-bond donors (Lipinski definition) is 0. The third kappa shape index (κ3) is 4.50. The van der Waals surface area contributed by atoms with Gasteiger partial charge in [-0.1, -0.05) is 29.0 Å². The Bertz CT molecular complexity index is 1060. The van der Waals surface area contributed by atoms with Crippen LogP contribution in [0.2, 0.25) is 0 Å². The first-order valence-corrected chi connectivity index (χ1v) is 11.4. The summed E-state index contributed by atoms with van der Waals surface area (Å²) in [6.07, 6.45) is 2.42. The Balaban J connectivity index is 2.01. The maximum Gasteiger partial charge on any atom is 0.252 e. The van der Waals surface area contributed by atoms with Crippen LogP contribution < -0.4 is 9.54 Å². The molecule has 1 amide bonds. The van der Waals surface area contributed by atoms with Gasteiger partial charge in [0.25, 0.3) is 5.91 Å². The van der Waals surface area contributed by atoms with Gasteiger partial charge in [-0.2, -0.15) is 16.8 Å². The quantitative estimate of drug-likeness (QED) is 0.589. The van der Waals surface area contributed by atoms with Crippen LogP contribution in [-0.2, 0) is 17.8 Å². The number of thiazole rings is 1. The smallest absolute Gasteiger partial charge is 0.252 e. The molecule has 0 bridgehead atoms. The molecule has 0 N–H and O–H groups in total. The highest BCUT2D eigenvalue weighted by molar-refractivity contribution is 7.98. The van der Waals surface area contributed by atoms with Crippen molar-refractivity contribution in [2.75, 3.05) is 19.1 Å². The van der Waals surface area contributed by atoms with Crippen LogP contribution in [0.15, 0.2) is 35.3 Å². The Labute approximate surface area is 174 Å². The summed E-state index contributed by atoms with van der Waals surface area (Å²) >= 11 is 3.32. The van der Waals surface area contributed by atoms with Crippen LogP contribution in [-0.4, -0.2) is 29.6 Å². The molecule has 0 aliphatic heterocycles. The molecule has 28 heavy (non-hydrogen) atoms. The van der Waals surface area contributed by atoms with E-state index < -0.39 is 0 Å². The second-order valence-corrected chi connectivity index (χ2v) is 8.92. The summed E-state index contributed by atoms with van der Waals surface area (Å²) in [6.45, 7) is 7.03. The van der Waals surface area contributed by atoms with Crippen LogP contribution in [0, 0.1) is 20.8 Å². The van der Waals surface area contributed by atoms with Gasteiger partial charge >= 0.3 is 0 Å². The molecule has 0 fully saturated rings. The number of methoxy groups -OCH3 is 1. The minimum Gasteiger partial charge on any atom is -0.497 e. The molecule has 0 aliphatic rings. The van der Waals surface area contributed by atoms with E-state index in [0.717, 1.165) is 49.8 Å². The van der Waals surface area contributed by atoms with E-state index in [9.17, 15) is 4.79 Å². The van der Waals surface area contributed by atoms with Gasteiger partial charge in [0.15, 0.2) is 4.80 Å². The number of hydrogen-bond acceptors (Lipinski definition) is 4. The summed E-state index contributed by atoms with van der Waals surface area (Å²) in [4.78, 5) is 18.0. The summed E-state index contributed by atoms with van der Waals surface area (Å²) < 4.78 is 8.56.